The van der Waals surface area contributed by atoms with Gasteiger partial charge in [0, 0.05) is 9.35 Å². The molecule has 1 nitrogen and oxygen atoms in total. The first-order valence-electron chi connectivity index (χ1n) is 3.90. The first kappa shape index (κ1) is 8.45. The van der Waals surface area contributed by atoms with E-state index < -0.39 is 0 Å². The number of carbonyl (C=O) groups excluding carboxylic acids is 1. The molecule has 0 radical (unpaired) electrons. The van der Waals surface area contributed by atoms with Crippen LogP contribution >= 0.6 is 27.3 Å². The lowest BCUT2D eigenvalue weighted by Gasteiger charge is -2.03. The van der Waals surface area contributed by atoms with Gasteiger partial charge in [-0.15, -0.1) is 11.3 Å². The molecule has 0 N–H and O–H groups in total. The monoisotopic (exact) mass is 244 g/mol. The van der Waals surface area contributed by atoms with E-state index in [0.29, 0.717) is 0 Å². The lowest BCUT2D eigenvalue weighted by atomic mass is 10.1. The van der Waals surface area contributed by atoms with Crippen LogP contribution in [0.4, 0.5) is 0 Å². The van der Waals surface area contributed by atoms with Crippen LogP contribution in [-0.2, 0) is 10.2 Å². The molecule has 1 aromatic heterocycles. The first-order chi connectivity index (χ1) is 5.69. The first-order valence-corrected chi connectivity index (χ1v) is 5.57. The molecular formula is C9H9BrOS. The van der Waals surface area contributed by atoms with Gasteiger partial charge in [-0.3, -0.25) is 0 Å². The molecule has 64 valence electrons. The molecule has 0 atom stereocenters. The van der Waals surface area contributed by atoms with Crippen molar-refractivity contribution in [1.29, 1.82) is 0 Å². The average molecular weight is 245 g/mol. The number of carbonyl (C=O) groups is 1. The quantitative estimate of drug-likeness (QED) is 0.732. The van der Waals surface area contributed by atoms with Crippen LogP contribution in [0.2, 0.25) is 0 Å². The Hall–Kier alpha value is -0.150. The Morgan fingerprint density at radius 3 is 2.67 bits per heavy atom. The minimum atomic E-state index is -0.113. The van der Waals surface area contributed by atoms with Gasteiger partial charge in [0.15, 0.2) is 0 Å². The van der Waals surface area contributed by atoms with Crippen LogP contribution < -0.4 is 0 Å². The highest BCUT2D eigenvalue weighted by molar-refractivity contribution is 9.10. The normalized spacial score (nSPS) is 19.2. The smallest absolute Gasteiger partial charge is 0.131 e. The van der Waals surface area contributed by atoms with Crippen LogP contribution in [0.25, 0.3) is 0 Å². The molecule has 0 spiro atoms. The average Bonchev–Trinajstić information content (AvgIpc) is 2.79. The van der Waals surface area contributed by atoms with Gasteiger partial charge in [-0.25, -0.2) is 0 Å². The van der Waals surface area contributed by atoms with Crippen molar-refractivity contribution >= 4 is 33.6 Å². The standard InChI is InChI=1S/C9H9BrOS/c1-6-4-12-8(7(6)10)9(5-11)2-3-9/h4-5H,2-3H2,1H3. The molecule has 1 fully saturated rings. The zero-order chi connectivity index (χ0) is 8.77. The van der Waals surface area contributed by atoms with Crippen molar-refractivity contribution in [3.63, 3.8) is 0 Å². The maximum atomic E-state index is 10.8. The number of aldehydes is 1. The SMILES string of the molecule is Cc1csc(C2(C=O)CC2)c1Br. The highest BCUT2D eigenvalue weighted by Crippen LogP contribution is 2.51. The van der Waals surface area contributed by atoms with E-state index in [4.69, 9.17) is 0 Å². The number of thiophene rings is 1. The summed E-state index contributed by atoms with van der Waals surface area (Å²) >= 11 is 5.21. The van der Waals surface area contributed by atoms with Gasteiger partial charge in [-0.1, -0.05) is 0 Å². The van der Waals surface area contributed by atoms with Gasteiger partial charge >= 0.3 is 0 Å². The van der Waals surface area contributed by atoms with Gasteiger partial charge in [-0.2, -0.15) is 0 Å². The van der Waals surface area contributed by atoms with E-state index in [1.165, 1.54) is 10.4 Å². The van der Waals surface area contributed by atoms with Gasteiger partial charge in [0.2, 0.25) is 0 Å². The molecule has 0 unspecified atom stereocenters. The second-order valence-electron chi connectivity index (χ2n) is 3.34. The van der Waals surface area contributed by atoms with E-state index in [1.807, 2.05) is 0 Å². The molecule has 0 aromatic carbocycles. The summed E-state index contributed by atoms with van der Waals surface area (Å²) in [5.41, 5.74) is 1.13. The van der Waals surface area contributed by atoms with E-state index >= 15 is 0 Å². The Bertz CT molecular complexity index is 325. The zero-order valence-electron chi connectivity index (χ0n) is 6.76. The van der Waals surface area contributed by atoms with Gasteiger partial charge in [0.05, 0.1) is 5.41 Å². The molecule has 1 aromatic rings. The Morgan fingerprint density at radius 2 is 2.33 bits per heavy atom. The zero-order valence-corrected chi connectivity index (χ0v) is 9.17. The molecule has 0 saturated heterocycles. The van der Waals surface area contributed by atoms with Crippen molar-refractivity contribution in [2.24, 2.45) is 0 Å². The molecule has 1 aliphatic carbocycles. The van der Waals surface area contributed by atoms with E-state index in [1.54, 1.807) is 11.3 Å². The second kappa shape index (κ2) is 2.67. The predicted octanol–water partition coefficient (Wildman–Crippen LogP) is 3.05. The van der Waals surface area contributed by atoms with Crippen molar-refractivity contribution in [2.45, 2.75) is 25.2 Å². The molecular weight excluding hydrogens is 236 g/mol. The third kappa shape index (κ3) is 1.07. The predicted molar refractivity (Wildman–Crippen MR) is 53.7 cm³/mol. The van der Waals surface area contributed by atoms with E-state index in [2.05, 4.69) is 28.2 Å². The summed E-state index contributed by atoms with van der Waals surface area (Å²) < 4.78 is 1.14. The molecule has 1 saturated carbocycles. The number of rotatable bonds is 2. The van der Waals surface area contributed by atoms with Gasteiger partial charge in [0.25, 0.3) is 0 Å². The Balaban J connectivity index is 2.46. The summed E-state index contributed by atoms with van der Waals surface area (Å²) in [6.07, 6.45) is 3.15. The fraction of sp³-hybridized carbons (Fsp3) is 0.444. The minimum Gasteiger partial charge on any atom is -0.302 e. The Labute approximate surface area is 83.9 Å². The molecule has 2 rings (SSSR count). The molecule has 3 heteroatoms. The van der Waals surface area contributed by atoms with Crippen molar-refractivity contribution in [3.05, 3.63) is 20.3 Å². The minimum absolute atomic E-state index is 0.113. The number of halogens is 1. The topological polar surface area (TPSA) is 17.1 Å². The van der Waals surface area contributed by atoms with Crippen molar-refractivity contribution in [3.8, 4) is 0 Å². The van der Waals surface area contributed by atoms with Crippen molar-refractivity contribution in [2.75, 3.05) is 0 Å². The van der Waals surface area contributed by atoms with E-state index in [-0.39, 0.29) is 5.41 Å². The van der Waals surface area contributed by atoms with Crippen LogP contribution in [0, 0.1) is 6.92 Å². The summed E-state index contributed by atoms with van der Waals surface area (Å²) in [7, 11) is 0. The van der Waals surface area contributed by atoms with Crippen LogP contribution in [0.3, 0.4) is 0 Å². The molecule has 12 heavy (non-hydrogen) atoms. The van der Waals surface area contributed by atoms with Crippen LogP contribution in [0.5, 0.6) is 0 Å². The summed E-state index contributed by atoms with van der Waals surface area (Å²) in [6, 6.07) is 0. The summed E-state index contributed by atoms with van der Waals surface area (Å²) in [5, 5.41) is 2.10. The van der Waals surface area contributed by atoms with Gasteiger partial charge < -0.3 is 4.79 Å². The van der Waals surface area contributed by atoms with Crippen molar-refractivity contribution in [1.82, 2.24) is 0 Å². The molecule has 0 amide bonds. The fourth-order valence-corrected chi connectivity index (χ4v) is 3.40. The lowest BCUT2D eigenvalue weighted by molar-refractivity contribution is -0.109. The molecule has 1 aliphatic rings. The summed E-state index contributed by atoms with van der Waals surface area (Å²) in [6.45, 7) is 2.06. The largest absolute Gasteiger partial charge is 0.302 e. The van der Waals surface area contributed by atoms with Gasteiger partial charge in [0.1, 0.15) is 6.29 Å². The molecule has 0 bridgehead atoms. The highest BCUT2D eigenvalue weighted by atomic mass is 79.9. The third-order valence-electron chi connectivity index (χ3n) is 2.37. The Morgan fingerprint density at radius 1 is 1.67 bits per heavy atom. The molecule has 0 aliphatic heterocycles. The highest BCUT2D eigenvalue weighted by Gasteiger charge is 2.46. The Kier molecular flexibility index (Phi) is 1.88. The molecule has 1 heterocycles. The van der Waals surface area contributed by atoms with E-state index in [9.17, 15) is 4.79 Å². The van der Waals surface area contributed by atoms with Gasteiger partial charge in [-0.05, 0) is 46.6 Å². The summed E-state index contributed by atoms with van der Waals surface area (Å²) in [5.74, 6) is 0. The third-order valence-corrected chi connectivity index (χ3v) is 4.97. The number of hydrogen-bond donors (Lipinski definition) is 0. The maximum Gasteiger partial charge on any atom is 0.131 e. The number of aryl methyl sites for hydroxylation is 1. The van der Waals surface area contributed by atoms with Crippen LogP contribution in [-0.4, -0.2) is 6.29 Å². The second-order valence-corrected chi connectivity index (χ2v) is 5.01. The van der Waals surface area contributed by atoms with E-state index in [0.717, 1.165) is 23.6 Å². The lowest BCUT2D eigenvalue weighted by Crippen LogP contribution is -2.05. The number of hydrogen-bond acceptors (Lipinski definition) is 2. The maximum absolute atomic E-state index is 10.8. The van der Waals surface area contributed by atoms with Crippen molar-refractivity contribution < 1.29 is 4.79 Å². The fourth-order valence-electron chi connectivity index (χ4n) is 1.30. The van der Waals surface area contributed by atoms with Crippen LogP contribution in [0.1, 0.15) is 23.3 Å². The summed E-state index contributed by atoms with van der Waals surface area (Å²) in [4.78, 5) is 12.1. The van der Waals surface area contributed by atoms with Crippen LogP contribution in [0.15, 0.2) is 9.85 Å².